The van der Waals surface area contributed by atoms with Gasteiger partial charge in [-0.2, -0.15) is 0 Å². The van der Waals surface area contributed by atoms with Crippen LogP contribution in [0.3, 0.4) is 0 Å². The van der Waals surface area contributed by atoms with Gasteiger partial charge in [-0.15, -0.1) is 0 Å². The van der Waals surface area contributed by atoms with Crippen LogP contribution in [-0.4, -0.2) is 40.6 Å². The Morgan fingerprint density at radius 2 is 2.31 bits per heavy atom. The molecule has 0 spiro atoms. The van der Waals surface area contributed by atoms with E-state index in [1.165, 1.54) is 12.5 Å². The molecule has 0 aliphatic carbocycles. The first kappa shape index (κ1) is 13.3. The summed E-state index contributed by atoms with van der Waals surface area (Å²) in [5.74, 6) is 0. The van der Waals surface area contributed by atoms with Crippen molar-refractivity contribution < 1.29 is 12.6 Å². The lowest BCUT2D eigenvalue weighted by atomic mass is 10.3. The number of sulfonamides is 1. The first-order valence-corrected chi connectivity index (χ1v) is 7.84. The maximum absolute atomic E-state index is 11.6. The van der Waals surface area contributed by atoms with E-state index in [9.17, 15) is 12.6 Å². The van der Waals surface area contributed by atoms with Gasteiger partial charge in [-0.25, -0.2) is 18.1 Å². The maximum Gasteiger partial charge on any atom is 0.257 e. The number of hydrogen-bond donors (Lipinski definition) is 2. The summed E-state index contributed by atoms with van der Waals surface area (Å²) in [6, 6.07) is 0. The van der Waals surface area contributed by atoms with Crippen molar-refractivity contribution in [2.24, 2.45) is 0 Å². The molecule has 0 aliphatic heterocycles. The Labute approximate surface area is 97.4 Å². The number of nitrogens with one attached hydrogen (secondary N) is 2. The van der Waals surface area contributed by atoms with Crippen LogP contribution in [0, 0.1) is 0 Å². The third kappa shape index (κ3) is 3.69. The van der Waals surface area contributed by atoms with Crippen LogP contribution < -0.4 is 4.72 Å². The van der Waals surface area contributed by atoms with Crippen molar-refractivity contribution in [2.45, 2.75) is 23.6 Å². The Bertz CT molecular complexity index is 441. The predicted molar refractivity (Wildman–Crippen MR) is 61.9 cm³/mol. The van der Waals surface area contributed by atoms with Gasteiger partial charge in [0.1, 0.15) is 0 Å². The van der Waals surface area contributed by atoms with E-state index in [0.29, 0.717) is 6.42 Å². The second-order valence-electron chi connectivity index (χ2n) is 3.41. The molecule has 2 N–H and O–H groups in total. The van der Waals surface area contributed by atoms with Crippen LogP contribution in [0.15, 0.2) is 17.6 Å². The standard InChI is InChI=1S/C8H15N3O3S2/c1-7(15(2)12)3-4-11-16(13,14)8-5-9-6-10-8/h5-7,11H,3-4H2,1-2H3,(H,9,10). The zero-order valence-electron chi connectivity index (χ0n) is 9.13. The lowest BCUT2D eigenvalue weighted by Gasteiger charge is -2.08. The first-order chi connectivity index (χ1) is 7.43. The molecule has 0 saturated carbocycles. The van der Waals surface area contributed by atoms with Gasteiger partial charge < -0.3 is 4.98 Å². The Balaban J connectivity index is 2.47. The number of hydrogen-bond acceptors (Lipinski definition) is 4. The van der Waals surface area contributed by atoms with Crippen molar-refractivity contribution >= 4 is 20.8 Å². The van der Waals surface area contributed by atoms with E-state index in [2.05, 4.69) is 14.7 Å². The van der Waals surface area contributed by atoms with Crippen LogP contribution >= 0.6 is 0 Å². The van der Waals surface area contributed by atoms with Gasteiger partial charge in [-0.1, -0.05) is 6.92 Å². The summed E-state index contributed by atoms with van der Waals surface area (Å²) in [6.45, 7) is 2.09. The van der Waals surface area contributed by atoms with E-state index in [0.717, 1.165) is 0 Å². The van der Waals surface area contributed by atoms with Crippen molar-refractivity contribution in [1.29, 1.82) is 0 Å². The molecule has 0 fully saturated rings. The summed E-state index contributed by atoms with van der Waals surface area (Å²) in [6.07, 6.45) is 4.69. The summed E-state index contributed by atoms with van der Waals surface area (Å²) in [7, 11) is -4.44. The quantitative estimate of drug-likeness (QED) is 0.748. The van der Waals surface area contributed by atoms with Gasteiger partial charge in [-0.3, -0.25) is 4.21 Å². The highest BCUT2D eigenvalue weighted by Crippen LogP contribution is 2.03. The highest BCUT2D eigenvalue weighted by molar-refractivity contribution is 7.89. The molecule has 16 heavy (non-hydrogen) atoms. The minimum absolute atomic E-state index is 0.0236. The van der Waals surface area contributed by atoms with Crippen LogP contribution in [-0.2, 0) is 20.8 Å². The summed E-state index contributed by atoms with van der Waals surface area (Å²) in [5, 5.41) is 0.0160. The molecule has 0 aromatic carbocycles. The van der Waals surface area contributed by atoms with Crippen molar-refractivity contribution in [3.63, 3.8) is 0 Å². The average molecular weight is 265 g/mol. The number of H-pyrrole nitrogens is 1. The van der Waals surface area contributed by atoms with Gasteiger partial charge >= 0.3 is 0 Å². The van der Waals surface area contributed by atoms with E-state index < -0.39 is 20.8 Å². The van der Waals surface area contributed by atoms with E-state index in [1.54, 1.807) is 6.26 Å². The number of imidazole rings is 1. The summed E-state index contributed by atoms with van der Waals surface area (Å²) in [5.41, 5.74) is 0. The third-order valence-corrected chi connectivity index (χ3v) is 4.93. The second kappa shape index (κ2) is 5.55. The van der Waals surface area contributed by atoms with Crippen LogP contribution in [0.1, 0.15) is 13.3 Å². The minimum atomic E-state index is -3.51. The predicted octanol–water partition coefficient (Wildman–Crippen LogP) is -0.155. The van der Waals surface area contributed by atoms with Crippen molar-refractivity contribution in [1.82, 2.24) is 14.7 Å². The van der Waals surface area contributed by atoms with Gasteiger partial charge in [-0.05, 0) is 6.42 Å². The normalized spacial score (nSPS) is 15.9. The van der Waals surface area contributed by atoms with Crippen LogP contribution in [0.4, 0.5) is 0 Å². The van der Waals surface area contributed by atoms with Gasteiger partial charge in [0.15, 0.2) is 5.03 Å². The number of rotatable bonds is 6. The summed E-state index contributed by atoms with van der Waals surface area (Å²) < 4.78 is 36.6. The molecule has 2 unspecified atom stereocenters. The van der Waals surface area contributed by atoms with Gasteiger partial charge in [0.2, 0.25) is 0 Å². The van der Waals surface area contributed by atoms with E-state index in [-0.39, 0.29) is 16.8 Å². The lowest BCUT2D eigenvalue weighted by Crippen LogP contribution is -2.27. The van der Waals surface area contributed by atoms with Crippen molar-refractivity contribution in [2.75, 3.05) is 12.8 Å². The van der Waals surface area contributed by atoms with E-state index in [4.69, 9.17) is 0 Å². The highest BCUT2D eigenvalue weighted by Gasteiger charge is 2.15. The maximum atomic E-state index is 11.6. The molecule has 0 amide bonds. The lowest BCUT2D eigenvalue weighted by molar-refractivity contribution is 0.575. The number of aromatic amines is 1. The Morgan fingerprint density at radius 1 is 1.62 bits per heavy atom. The molecule has 0 aliphatic rings. The Kier molecular flexibility index (Phi) is 4.63. The van der Waals surface area contributed by atoms with Crippen molar-refractivity contribution in [3.05, 3.63) is 12.5 Å². The SMILES string of the molecule is CC(CCNS(=O)(=O)c1cnc[nH]1)S(C)=O. The molecule has 0 saturated heterocycles. The zero-order chi connectivity index (χ0) is 12.2. The molecule has 1 aromatic heterocycles. The molecule has 0 radical (unpaired) electrons. The fourth-order valence-corrected chi connectivity index (χ4v) is 2.43. The molecule has 8 heteroatoms. The number of nitrogens with zero attached hydrogens (tertiary/aromatic N) is 1. The molecule has 0 bridgehead atoms. The molecular formula is C8H15N3O3S2. The fraction of sp³-hybridized carbons (Fsp3) is 0.625. The van der Waals surface area contributed by atoms with Crippen LogP contribution in [0.5, 0.6) is 0 Å². The Hall–Kier alpha value is -0.730. The average Bonchev–Trinajstić information content (AvgIpc) is 2.70. The van der Waals surface area contributed by atoms with Gasteiger partial charge in [0.25, 0.3) is 10.0 Å². The minimum Gasteiger partial charge on any atom is -0.335 e. The smallest absolute Gasteiger partial charge is 0.257 e. The molecule has 1 rings (SSSR count). The zero-order valence-corrected chi connectivity index (χ0v) is 10.8. The Morgan fingerprint density at radius 3 is 2.81 bits per heavy atom. The third-order valence-electron chi connectivity index (χ3n) is 2.17. The highest BCUT2D eigenvalue weighted by atomic mass is 32.2. The van der Waals surface area contributed by atoms with Gasteiger partial charge in [0, 0.05) is 28.9 Å². The monoisotopic (exact) mass is 265 g/mol. The molecule has 2 atom stereocenters. The van der Waals surface area contributed by atoms with Crippen molar-refractivity contribution in [3.8, 4) is 0 Å². The van der Waals surface area contributed by atoms with E-state index >= 15 is 0 Å². The molecule has 1 aromatic rings. The van der Waals surface area contributed by atoms with Gasteiger partial charge in [0.05, 0.1) is 12.5 Å². The second-order valence-corrected chi connectivity index (χ2v) is 6.95. The van der Waals surface area contributed by atoms with E-state index in [1.807, 2.05) is 6.92 Å². The fourth-order valence-electron chi connectivity index (χ4n) is 1.03. The topological polar surface area (TPSA) is 91.9 Å². The van der Waals surface area contributed by atoms with Crippen LogP contribution in [0.2, 0.25) is 0 Å². The largest absolute Gasteiger partial charge is 0.335 e. The number of aromatic nitrogens is 2. The molecule has 6 nitrogen and oxygen atoms in total. The molecule has 92 valence electrons. The summed E-state index contributed by atoms with van der Waals surface area (Å²) >= 11 is 0. The summed E-state index contributed by atoms with van der Waals surface area (Å²) in [4.78, 5) is 6.15. The van der Waals surface area contributed by atoms with Crippen LogP contribution in [0.25, 0.3) is 0 Å². The first-order valence-electron chi connectivity index (χ1n) is 4.74. The molecular weight excluding hydrogens is 250 g/mol. The molecule has 1 heterocycles.